The second-order valence-electron chi connectivity index (χ2n) is 1.66. The summed E-state index contributed by atoms with van der Waals surface area (Å²) in [5, 5.41) is 0. The molecule has 0 saturated carbocycles. The van der Waals surface area contributed by atoms with Crippen LogP contribution in [0.2, 0.25) is 0 Å². The quantitative estimate of drug-likeness (QED) is 0.433. The van der Waals surface area contributed by atoms with E-state index in [2.05, 4.69) is 12.7 Å². The molecule has 0 aliphatic carbocycles. The SMILES string of the molecule is C=C(C)C(C)=[C-]C.[Y]. The molecule has 0 saturated heterocycles. The van der Waals surface area contributed by atoms with Gasteiger partial charge in [0.05, 0.1) is 0 Å². The molecule has 43 valence electrons. The van der Waals surface area contributed by atoms with Gasteiger partial charge in [0.2, 0.25) is 0 Å². The maximum atomic E-state index is 3.73. The normalized spacial score (nSPS) is 10.1. The van der Waals surface area contributed by atoms with E-state index < -0.39 is 0 Å². The Morgan fingerprint density at radius 1 is 1.38 bits per heavy atom. The van der Waals surface area contributed by atoms with Crippen molar-refractivity contribution in [3.63, 3.8) is 0 Å². The van der Waals surface area contributed by atoms with Crippen molar-refractivity contribution >= 4 is 0 Å². The molecule has 0 amide bonds. The van der Waals surface area contributed by atoms with Gasteiger partial charge >= 0.3 is 0 Å². The molecule has 0 aromatic heterocycles. The van der Waals surface area contributed by atoms with E-state index >= 15 is 0 Å². The second kappa shape index (κ2) is 5.72. The standard InChI is InChI=1S/C7H11.Y/c1-5-7(4)6(2)3;/h2H2,1,3-4H3;/q-1;. The van der Waals surface area contributed by atoms with Crippen molar-refractivity contribution in [2.45, 2.75) is 20.8 Å². The zero-order valence-electron chi connectivity index (χ0n) is 5.78. The molecule has 0 aromatic rings. The molecule has 0 spiro atoms. The van der Waals surface area contributed by atoms with Crippen molar-refractivity contribution < 1.29 is 32.7 Å². The molecule has 1 radical (unpaired) electrons. The van der Waals surface area contributed by atoms with Crippen LogP contribution in [0.3, 0.4) is 0 Å². The van der Waals surface area contributed by atoms with Crippen molar-refractivity contribution in [2.24, 2.45) is 0 Å². The molecule has 0 fully saturated rings. The van der Waals surface area contributed by atoms with Crippen LogP contribution < -0.4 is 0 Å². The number of hydrogen-bond acceptors (Lipinski definition) is 0. The molecule has 0 aliphatic rings. The van der Waals surface area contributed by atoms with E-state index in [-0.39, 0.29) is 32.7 Å². The average Bonchev–Trinajstić information content (AvgIpc) is 1.65. The van der Waals surface area contributed by atoms with Gasteiger partial charge in [-0.3, -0.25) is 6.08 Å². The first-order valence-corrected chi connectivity index (χ1v) is 2.35. The number of rotatable bonds is 1. The first-order chi connectivity index (χ1) is 3.18. The molecule has 0 nitrogen and oxygen atoms in total. The summed E-state index contributed by atoms with van der Waals surface area (Å²) in [6.07, 6.45) is 2.98. The van der Waals surface area contributed by atoms with Gasteiger partial charge in [-0.25, -0.2) is 11.1 Å². The van der Waals surface area contributed by atoms with Gasteiger partial charge in [-0.2, -0.15) is 6.58 Å². The van der Waals surface area contributed by atoms with E-state index in [4.69, 9.17) is 0 Å². The maximum Gasteiger partial charge on any atom is 0 e. The molecule has 0 bridgehead atoms. The first-order valence-electron chi connectivity index (χ1n) is 2.35. The minimum absolute atomic E-state index is 0. The summed E-state index contributed by atoms with van der Waals surface area (Å²) < 4.78 is 0. The summed E-state index contributed by atoms with van der Waals surface area (Å²) in [6, 6.07) is 0. The molecule has 0 N–H and O–H groups in total. The van der Waals surface area contributed by atoms with E-state index in [0.717, 1.165) is 11.1 Å². The van der Waals surface area contributed by atoms with E-state index in [1.165, 1.54) is 0 Å². The molecule has 0 heterocycles. The topological polar surface area (TPSA) is 0 Å². The summed E-state index contributed by atoms with van der Waals surface area (Å²) >= 11 is 0. The third-order valence-electron chi connectivity index (χ3n) is 1.02. The molecule has 0 atom stereocenters. The van der Waals surface area contributed by atoms with Crippen LogP contribution in [0.5, 0.6) is 0 Å². The predicted molar refractivity (Wildman–Crippen MR) is 32.9 cm³/mol. The van der Waals surface area contributed by atoms with Crippen molar-refractivity contribution in [3.8, 4) is 0 Å². The van der Waals surface area contributed by atoms with E-state index in [1.54, 1.807) is 0 Å². The van der Waals surface area contributed by atoms with E-state index in [9.17, 15) is 0 Å². The van der Waals surface area contributed by atoms with Gasteiger partial charge in [0.15, 0.2) is 0 Å². The van der Waals surface area contributed by atoms with Gasteiger partial charge in [0.1, 0.15) is 0 Å². The largest absolute Gasteiger partial charge is 0.275 e. The third-order valence-corrected chi connectivity index (χ3v) is 1.02. The molecule has 0 unspecified atom stereocenters. The van der Waals surface area contributed by atoms with Gasteiger partial charge in [0, 0.05) is 32.7 Å². The van der Waals surface area contributed by atoms with Gasteiger partial charge in [-0.1, -0.05) is 6.92 Å². The third kappa shape index (κ3) is 4.74. The van der Waals surface area contributed by atoms with Crippen molar-refractivity contribution in [2.75, 3.05) is 0 Å². The summed E-state index contributed by atoms with van der Waals surface area (Å²) in [5.74, 6) is 0. The Morgan fingerprint density at radius 2 is 1.75 bits per heavy atom. The van der Waals surface area contributed by atoms with Crippen LogP contribution in [0.4, 0.5) is 0 Å². The summed E-state index contributed by atoms with van der Waals surface area (Å²) in [4.78, 5) is 0. The molecular formula is C7H11Y-. The smallest absolute Gasteiger partial charge is 0 e. The first kappa shape index (κ1) is 11.4. The molecule has 8 heavy (non-hydrogen) atoms. The van der Waals surface area contributed by atoms with Gasteiger partial charge < -0.3 is 0 Å². The average molecular weight is 184 g/mol. The molecule has 0 rings (SSSR count). The van der Waals surface area contributed by atoms with Crippen LogP contribution in [0.25, 0.3) is 0 Å². The summed E-state index contributed by atoms with van der Waals surface area (Å²) in [7, 11) is 0. The van der Waals surface area contributed by atoms with E-state index in [0.29, 0.717) is 0 Å². The zero-order valence-corrected chi connectivity index (χ0v) is 8.62. The molecule has 0 aromatic carbocycles. The molecular weight excluding hydrogens is 173 g/mol. The number of hydrogen-bond donors (Lipinski definition) is 0. The van der Waals surface area contributed by atoms with Crippen LogP contribution in [-0.2, 0) is 32.7 Å². The summed E-state index contributed by atoms with van der Waals surface area (Å²) in [5.41, 5.74) is 2.25. The van der Waals surface area contributed by atoms with Gasteiger partial charge in [-0.05, 0) is 0 Å². The monoisotopic (exact) mass is 184 g/mol. The van der Waals surface area contributed by atoms with Crippen LogP contribution in [0, 0.1) is 6.08 Å². The fourth-order valence-electron chi connectivity index (χ4n) is 0.213. The molecule has 1 heteroatoms. The minimum Gasteiger partial charge on any atom is -0.275 e. The van der Waals surface area contributed by atoms with Crippen molar-refractivity contribution in [3.05, 3.63) is 23.8 Å². The Hall–Kier alpha value is 0.584. The Balaban J connectivity index is 0. The molecule has 0 aliphatic heterocycles. The Labute approximate surface area is 76.9 Å². The Bertz CT molecular complexity index is 101. The second-order valence-corrected chi connectivity index (χ2v) is 1.66. The van der Waals surface area contributed by atoms with Crippen LogP contribution in [0.15, 0.2) is 17.7 Å². The Kier molecular flexibility index (Phi) is 8.14. The zero-order chi connectivity index (χ0) is 5.86. The maximum absolute atomic E-state index is 3.73. The Morgan fingerprint density at radius 3 is 1.75 bits per heavy atom. The predicted octanol–water partition coefficient (Wildman–Crippen LogP) is 2.33. The fraction of sp³-hybridized carbons (Fsp3) is 0.429. The van der Waals surface area contributed by atoms with Crippen LogP contribution in [-0.4, -0.2) is 0 Å². The van der Waals surface area contributed by atoms with Crippen molar-refractivity contribution in [1.29, 1.82) is 0 Å². The van der Waals surface area contributed by atoms with Gasteiger partial charge in [0.25, 0.3) is 0 Å². The summed E-state index contributed by atoms with van der Waals surface area (Å²) in [6.45, 7) is 9.60. The van der Waals surface area contributed by atoms with E-state index in [1.807, 2.05) is 20.8 Å². The number of allylic oxidation sites excluding steroid dienone is 3. The minimum atomic E-state index is 0. The van der Waals surface area contributed by atoms with Crippen molar-refractivity contribution in [1.82, 2.24) is 0 Å². The van der Waals surface area contributed by atoms with Crippen LogP contribution >= 0.6 is 0 Å². The fourth-order valence-corrected chi connectivity index (χ4v) is 0.213. The van der Waals surface area contributed by atoms with Gasteiger partial charge in [-0.15, -0.1) is 13.8 Å². The van der Waals surface area contributed by atoms with Crippen LogP contribution in [0.1, 0.15) is 20.8 Å².